The van der Waals surface area contributed by atoms with E-state index in [1.165, 1.54) is 0 Å². The van der Waals surface area contributed by atoms with Crippen LogP contribution < -0.4 is 5.73 Å². The molecule has 0 aromatic heterocycles. The number of rotatable bonds is 4. The van der Waals surface area contributed by atoms with Gasteiger partial charge in [0.2, 0.25) is 0 Å². The van der Waals surface area contributed by atoms with Gasteiger partial charge in [-0.2, -0.15) is 0 Å². The molecule has 0 spiro atoms. The molecule has 0 amide bonds. The molecule has 13 heteroatoms. The summed E-state index contributed by atoms with van der Waals surface area (Å²) in [6.45, 7) is 0. The van der Waals surface area contributed by atoms with Gasteiger partial charge in [-0.25, -0.2) is 8.42 Å². The van der Waals surface area contributed by atoms with Crippen LogP contribution in [0.1, 0.15) is 6.42 Å². The quantitative estimate of drug-likeness (QED) is 0.386. The number of nitro groups is 3. The fourth-order valence-electron chi connectivity index (χ4n) is 1.59. The van der Waals surface area contributed by atoms with Gasteiger partial charge in [0.1, 0.15) is 20.4 Å². The average Bonchev–Trinajstić information content (AvgIpc) is 2.26. The number of hydrogen-bond donors (Lipinski definition) is 1. The molecule has 0 saturated heterocycles. The molecule has 0 fully saturated rings. The van der Waals surface area contributed by atoms with E-state index in [1.807, 2.05) is 0 Å². The van der Waals surface area contributed by atoms with Crippen LogP contribution in [0.15, 0.2) is 22.4 Å². The van der Waals surface area contributed by atoms with Crippen molar-refractivity contribution in [2.75, 3.05) is 6.26 Å². The molecule has 20 heavy (non-hydrogen) atoms. The first-order valence-electron chi connectivity index (χ1n) is 4.79. The Morgan fingerprint density at radius 3 is 1.95 bits per heavy atom. The third-order valence-corrected chi connectivity index (χ3v) is 3.76. The molecule has 110 valence electrons. The van der Waals surface area contributed by atoms with Crippen LogP contribution >= 0.6 is 0 Å². The molecule has 0 heterocycles. The van der Waals surface area contributed by atoms with Gasteiger partial charge in [0, 0.05) is 6.26 Å². The Morgan fingerprint density at radius 1 is 1.20 bits per heavy atom. The van der Waals surface area contributed by atoms with Crippen molar-refractivity contribution in [1.29, 1.82) is 0 Å². The van der Waals surface area contributed by atoms with Crippen molar-refractivity contribution in [3.05, 3.63) is 52.7 Å². The second-order valence-corrected chi connectivity index (χ2v) is 5.95. The van der Waals surface area contributed by atoms with E-state index >= 15 is 0 Å². The molecule has 12 nitrogen and oxygen atoms in total. The van der Waals surface area contributed by atoms with Gasteiger partial charge in [-0.1, -0.05) is 0 Å². The summed E-state index contributed by atoms with van der Waals surface area (Å²) in [6.07, 6.45) is -0.436. The van der Waals surface area contributed by atoms with E-state index in [0.29, 0.717) is 6.26 Å². The molecule has 0 aliphatic heterocycles. The zero-order chi connectivity index (χ0) is 15.9. The number of nitrogens with two attached hydrogens (primary N) is 1. The Kier molecular flexibility index (Phi) is 3.50. The number of hydrogen-bond acceptors (Lipinski definition) is 9. The lowest BCUT2D eigenvalue weighted by molar-refractivity contribution is -0.783. The van der Waals surface area contributed by atoms with E-state index < -0.39 is 53.0 Å². The minimum absolute atomic E-state index is 0.227. The maximum absolute atomic E-state index is 11.4. The molecule has 0 saturated carbocycles. The third-order valence-electron chi connectivity index (χ3n) is 2.62. The van der Waals surface area contributed by atoms with E-state index in [0.717, 1.165) is 0 Å². The predicted molar refractivity (Wildman–Crippen MR) is 62.5 cm³/mol. The molecule has 0 bridgehead atoms. The lowest BCUT2D eigenvalue weighted by Crippen LogP contribution is -2.48. The number of nitrogens with zero attached hydrogens (tertiary/aromatic N) is 3. The van der Waals surface area contributed by atoms with Crippen LogP contribution in [-0.2, 0) is 9.84 Å². The second-order valence-electron chi connectivity index (χ2n) is 3.97. The Labute approximate surface area is 110 Å². The maximum atomic E-state index is 11.4. The van der Waals surface area contributed by atoms with Gasteiger partial charge in [0.05, 0.1) is 11.0 Å². The average molecular weight is 308 g/mol. The summed E-state index contributed by atoms with van der Waals surface area (Å²) in [7, 11) is -4.21. The monoisotopic (exact) mass is 308 g/mol. The summed E-state index contributed by atoms with van der Waals surface area (Å²) in [5.41, 5.74) is 0.223. The van der Waals surface area contributed by atoms with Crippen molar-refractivity contribution in [2.45, 2.75) is 12.1 Å². The molecule has 1 aliphatic carbocycles. The molecular formula is C7H8N4O8S. The minimum atomic E-state index is -4.21. The fraction of sp³-hybridized carbons (Fsp3) is 0.429. The van der Waals surface area contributed by atoms with Crippen LogP contribution in [0.3, 0.4) is 0 Å². The summed E-state index contributed by atoms with van der Waals surface area (Å²) in [6, 6.07) is 0. The van der Waals surface area contributed by atoms with Crippen molar-refractivity contribution in [3.63, 3.8) is 0 Å². The van der Waals surface area contributed by atoms with E-state index in [-0.39, 0.29) is 6.08 Å². The Morgan fingerprint density at radius 2 is 1.65 bits per heavy atom. The summed E-state index contributed by atoms with van der Waals surface area (Å²) >= 11 is 0. The second kappa shape index (κ2) is 4.52. The highest BCUT2D eigenvalue weighted by Gasteiger charge is 2.61. The van der Waals surface area contributed by atoms with Crippen molar-refractivity contribution in [3.8, 4) is 0 Å². The first kappa shape index (κ1) is 15.5. The van der Waals surface area contributed by atoms with E-state index in [1.54, 1.807) is 0 Å². The SMILES string of the molecule is CS(=O)(=O)C1=CC([N+](=O)[O-])([N+](=O)[O-])CC([N+](=O)[O-])=C1N. The van der Waals surface area contributed by atoms with E-state index in [4.69, 9.17) is 5.73 Å². The summed E-state index contributed by atoms with van der Waals surface area (Å²) < 4.78 is 22.9. The molecule has 0 unspecified atom stereocenters. The standard InChI is InChI=1S/C7H8N4O8S/c1-20(18,19)5-3-7(10(14)15,11(16)17)2-4(6(5)8)9(12)13/h3H,2,8H2,1H3. The van der Waals surface area contributed by atoms with Crippen LogP contribution in [0.25, 0.3) is 0 Å². The molecule has 0 aromatic carbocycles. The van der Waals surface area contributed by atoms with Gasteiger partial charge < -0.3 is 5.73 Å². The Bertz CT molecular complexity index is 661. The van der Waals surface area contributed by atoms with Crippen LogP contribution in [0, 0.1) is 30.3 Å². The lowest BCUT2D eigenvalue weighted by atomic mass is 9.98. The largest absolute Gasteiger partial charge is 0.489 e. The van der Waals surface area contributed by atoms with Gasteiger partial charge in [-0.15, -0.1) is 0 Å². The minimum Gasteiger partial charge on any atom is -0.392 e. The van der Waals surface area contributed by atoms with Crippen LogP contribution in [0.2, 0.25) is 0 Å². The molecule has 2 N–H and O–H groups in total. The summed E-state index contributed by atoms with van der Waals surface area (Å²) in [5, 5.41) is 32.6. The predicted octanol–water partition coefficient (Wildman–Crippen LogP) is -0.985. The van der Waals surface area contributed by atoms with Crippen molar-refractivity contribution < 1.29 is 23.2 Å². The molecule has 1 rings (SSSR count). The maximum Gasteiger partial charge on any atom is 0.489 e. The van der Waals surface area contributed by atoms with Crippen LogP contribution in [0.4, 0.5) is 0 Å². The van der Waals surface area contributed by atoms with Gasteiger partial charge in [-0.05, 0) is 0 Å². The Balaban J connectivity index is 3.75. The van der Waals surface area contributed by atoms with Crippen LogP contribution in [-0.4, -0.2) is 35.1 Å². The summed E-state index contributed by atoms with van der Waals surface area (Å²) in [4.78, 5) is 27.6. The van der Waals surface area contributed by atoms with Gasteiger partial charge in [0.15, 0.2) is 16.3 Å². The number of sulfone groups is 1. The smallest absolute Gasteiger partial charge is 0.392 e. The molecular weight excluding hydrogens is 300 g/mol. The zero-order valence-electron chi connectivity index (χ0n) is 9.88. The first-order chi connectivity index (χ1) is 8.93. The highest BCUT2D eigenvalue weighted by molar-refractivity contribution is 7.94. The highest BCUT2D eigenvalue weighted by atomic mass is 32.2. The lowest BCUT2D eigenvalue weighted by Gasteiger charge is -2.19. The Hall–Kier alpha value is -2.57. The van der Waals surface area contributed by atoms with Crippen molar-refractivity contribution in [2.24, 2.45) is 5.73 Å². The molecule has 0 radical (unpaired) electrons. The van der Waals surface area contributed by atoms with Gasteiger partial charge >= 0.3 is 5.66 Å². The first-order valence-corrected chi connectivity index (χ1v) is 6.68. The van der Waals surface area contributed by atoms with Gasteiger partial charge in [-0.3, -0.25) is 30.3 Å². The van der Waals surface area contributed by atoms with E-state index in [9.17, 15) is 38.8 Å². The normalized spacial score (nSPS) is 18.4. The molecule has 1 aliphatic rings. The molecule has 0 atom stereocenters. The topological polar surface area (TPSA) is 190 Å². The van der Waals surface area contributed by atoms with Crippen LogP contribution in [0.5, 0.6) is 0 Å². The zero-order valence-corrected chi connectivity index (χ0v) is 10.7. The van der Waals surface area contributed by atoms with E-state index in [2.05, 4.69) is 0 Å². The highest BCUT2D eigenvalue weighted by Crippen LogP contribution is 2.34. The van der Waals surface area contributed by atoms with Gasteiger partial charge in [0.25, 0.3) is 5.70 Å². The van der Waals surface area contributed by atoms with Crippen molar-refractivity contribution in [1.82, 2.24) is 0 Å². The third kappa shape index (κ3) is 2.29. The summed E-state index contributed by atoms with van der Waals surface area (Å²) in [5.74, 6) is 0. The fourth-order valence-corrected chi connectivity index (χ4v) is 2.51. The molecule has 0 aromatic rings. The van der Waals surface area contributed by atoms with Crippen molar-refractivity contribution >= 4 is 9.84 Å².